The molecule has 2 aromatic carbocycles. The first-order valence-electron chi connectivity index (χ1n) is 12.1. The third-order valence-electron chi connectivity index (χ3n) is 6.15. The molecule has 0 N–H and O–H groups in total. The Hall–Kier alpha value is -1.90. The van der Waals surface area contributed by atoms with Crippen LogP contribution >= 0.6 is 0 Å². The van der Waals surface area contributed by atoms with Crippen molar-refractivity contribution in [1.29, 1.82) is 0 Å². The van der Waals surface area contributed by atoms with Crippen molar-refractivity contribution in [3.63, 3.8) is 0 Å². The second-order valence-electron chi connectivity index (χ2n) is 10.7. The van der Waals surface area contributed by atoms with Gasteiger partial charge in [0.05, 0.1) is 4.90 Å². The highest BCUT2D eigenvalue weighted by atomic mass is 32.2. The molecule has 0 spiro atoms. The van der Waals surface area contributed by atoms with Crippen molar-refractivity contribution in [1.82, 2.24) is 0 Å². The van der Waals surface area contributed by atoms with Gasteiger partial charge < -0.3 is 8.74 Å². The van der Waals surface area contributed by atoms with E-state index in [2.05, 4.69) is 13.8 Å². The Labute approximate surface area is 212 Å². The van der Waals surface area contributed by atoms with Crippen molar-refractivity contribution < 1.29 is 25.6 Å². The maximum Gasteiger partial charge on any atom is 0.339 e. The Morgan fingerprint density at radius 3 is 1.20 bits per heavy atom. The molecule has 35 heavy (non-hydrogen) atoms. The van der Waals surface area contributed by atoms with E-state index in [1.165, 1.54) is 12.1 Å². The lowest BCUT2D eigenvalue weighted by atomic mass is 9.89. The fourth-order valence-electron chi connectivity index (χ4n) is 4.19. The van der Waals surface area contributed by atoms with Crippen LogP contribution in [0.15, 0.2) is 34.1 Å². The van der Waals surface area contributed by atoms with Crippen LogP contribution in [0.2, 0.25) is 0 Å². The first-order valence-corrected chi connectivity index (χ1v) is 15.0. The van der Waals surface area contributed by atoms with Crippen LogP contribution in [0.4, 0.5) is 0 Å². The molecular formula is C27H39O6S2-. The summed E-state index contributed by atoms with van der Waals surface area (Å²) in [6.45, 7) is 19.0. The summed E-state index contributed by atoms with van der Waals surface area (Å²) in [5.41, 5.74) is 2.93. The molecule has 0 amide bonds. The number of benzene rings is 2. The lowest BCUT2D eigenvalue weighted by Crippen LogP contribution is -2.18. The van der Waals surface area contributed by atoms with Crippen LogP contribution in [0.1, 0.15) is 127 Å². The zero-order valence-corrected chi connectivity index (χ0v) is 24.1. The molecule has 196 valence electrons. The second kappa shape index (κ2) is 10.6. The molecule has 0 bridgehead atoms. The maximum absolute atomic E-state index is 13.8. The molecule has 0 heterocycles. The first-order chi connectivity index (χ1) is 15.9. The van der Waals surface area contributed by atoms with E-state index in [4.69, 9.17) is 4.18 Å². The molecule has 0 aliphatic carbocycles. The quantitative estimate of drug-likeness (QED) is 0.260. The summed E-state index contributed by atoms with van der Waals surface area (Å²) in [5, 5.41) is 0. The normalized spacial score (nSPS) is 13.0. The van der Waals surface area contributed by atoms with Crippen LogP contribution in [0, 0.1) is 0 Å². The van der Waals surface area contributed by atoms with Crippen LogP contribution in [0.5, 0.6) is 5.75 Å². The van der Waals surface area contributed by atoms with Crippen LogP contribution in [-0.4, -0.2) is 21.4 Å². The highest BCUT2D eigenvalue weighted by molar-refractivity contribution is 7.87. The van der Waals surface area contributed by atoms with Crippen LogP contribution in [0.3, 0.4) is 0 Å². The second-order valence-corrected chi connectivity index (χ2v) is 13.5. The van der Waals surface area contributed by atoms with Gasteiger partial charge in [-0.2, -0.15) is 8.42 Å². The van der Waals surface area contributed by atoms with E-state index >= 15 is 0 Å². The minimum absolute atomic E-state index is 0.00199. The van der Waals surface area contributed by atoms with Gasteiger partial charge in [0.2, 0.25) is 0 Å². The average Bonchev–Trinajstić information content (AvgIpc) is 2.70. The predicted molar refractivity (Wildman–Crippen MR) is 139 cm³/mol. The molecule has 0 radical (unpaired) electrons. The third-order valence-corrected chi connectivity index (χ3v) is 8.50. The van der Waals surface area contributed by atoms with Gasteiger partial charge in [-0.3, -0.25) is 0 Å². The summed E-state index contributed by atoms with van der Waals surface area (Å²) in [6, 6.07) is 6.60. The molecule has 2 rings (SSSR count). The van der Waals surface area contributed by atoms with E-state index in [-0.39, 0.29) is 56.3 Å². The topological polar surface area (TPSA) is 101 Å². The highest BCUT2D eigenvalue weighted by Crippen LogP contribution is 2.39. The zero-order valence-electron chi connectivity index (χ0n) is 22.5. The predicted octanol–water partition coefficient (Wildman–Crippen LogP) is 6.98. The molecule has 8 heteroatoms. The molecule has 0 saturated heterocycles. The molecule has 6 nitrogen and oxygen atoms in total. The van der Waals surface area contributed by atoms with E-state index < -0.39 is 20.2 Å². The minimum Gasteiger partial charge on any atom is -0.744 e. The monoisotopic (exact) mass is 523 g/mol. The van der Waals surface area contributed by atoms with Crippen LogP contribution in [0.25, 0.3) is 0 Å². The van der Waals surface area contributed by atoms with Crippen molar-refractivity contribution in [3.05, 3.63) is 52.1 Å². The third kappa shape index (κ3) is 6.46. The SMILES string of the molecule is CC(C)c1cc(C(C)C)c(S(=O)(=O)Oc2cc(C(C)C)c(S(=O)(=O)[O-])c(C(C)C)c2)c(C(C)C)c1. The zero-order chi connectivity index (χ0) is 27.0. The van der Waals surface area contributed by atoms with E-state index in [1.54, 1.807) is 27.7 Å². The summed E-state index contributed by atoms with van der Waals surface area (Å²) < 4.78 is 69.6. The Balaban J connectivity index is 2.84. The van der Waals surface area contributed by atoms with E-state index in [1.807, 2.05) is 39.8 Å². The molecule has 0 unspecified atom stereocenters. The molecule has 0 fully saturated rings. The summed E-state index contributed by atoms with van der Waals surface area (Å²) in [5.74, 6) is -0.566. The van der Waals surface area contributed by atoms with Gasteiger partial charge in [-0.25, -0.2) is 8.42 Å². The number of hydrogen-bond donors (Lipinski definition) is 0. The summed E-state index contributed by atoms with van der Waals surface area (Å²) in [4.78, 5) is -0.135. The van der Waals surface area contributed by atoms with Crippen molar-refractivity contribution in [3.8, 4) is 5.75 Å². The summed E-state index contributed by atoms with van der Waals surface area (Å²) in [6.07, 6.45) is 0. The smallest absolute Gasteiger partial charge is 0.339 e. The molecule has 0 aromatic heterocycles. The lowest BCUT2D eigenvalue weighted by molar-refractivity contribution is 0.459. The fourth-order valence-corrected chi connectivity index (χ4v) is 6.95. The maximum atomic E-state index is 13.8. The lowest BCUT2D eigenvalue weighted by Gasteiger charge is -2.25. The van der Waals surface area contributed by atoms with Gasteiger partial charge in [-0.15, -0.1) is 0 Å². The highest BCUT2D eigenvalue weighted by Gasteiger charge is 2.30. The van der Waals surface area contributed by atoms with Gasteiger partial charge in [0.25, 0.3) is 0 Å². The van der Waals surface area contributed by atoms with Gasteiger partial charge in [0.15, 0.2) is 0 Å². The Morgan fingerprint density at radius 2 is 0.914 bits per heavy atom. The summed E-state index contributed by atoms with van der Waals surface area (Å²) >= 11 is 0. The van der Waals surface area contributed by atoms with Crippen LogP contribution in [-0.2, 0) is 20.2 Å². The number of hydrogen-bond acceptors (Lipinski definition) is 6. The van der Waals surface area contributed by atoms with Gasteiger partial charge in [-0.1, -0.05) is 81.4 Å². The van der Waals surface area contributed by atoms with Gasteiger partial charge >= 0.3 is 10.1 Å². The van der Waals surface area contributed by atoms with E-state index in [0.717, 1.165) is 5.56 Å². The molecule has 0 atom stereocenters. The largest absolute Gasteiger partial charge is 0.744 e. The van der Waals surface area contributed by atoms with E-state index in [0.29, 0.717) is 11.1 Å². The van der Waals surface area contributed by atoms with Crippen molar-refractivity contribution in [2.24, 2.45) is 0 Å². The fraction of sp³-hybridized carbons (Fsp3) is 0.556. The van der Waals surface area contributed by atoms with E-state index in [9.17, 15) is 21.4 Å². The van der Waals surface area contributed by atoms with Gasteiger partial charge in [-0.05, 0) is 69.5 Å². The van der Waals surface area contributed by atoms with Gasteiger partial charge in [0, 0.05) is 0 Å². The first kappa shape index (κ1) is 29.3. The Morgan fingerprint density at radius 1 is 0.571 bits per heavy atom. The molecule has 2 aromatic rings. The molecular weight excluding hydrogens is 484 g/mol. The van der Waals surface area contributed by atoms with Crippen molar-refractivity contribution >= 4 is 20.2 Å². The van der Waals surface area contributed by atoms with Crippen molar-refractivity contribution in [2.45, 2.75) is 109 Å². The standard InChI is InChI=1S/C27H40O6S2/c1-15(2)20-11-22(16(3)4)27(23(12-20)17(5)6)35(31,32)33-21-13-24(18(7)8)26(34(28,29)30)25(14-21)19(9)10/h11-19H,1-10H3,(H,28,29,30)/p-1. The Bertz CT molecular complexity index is 1230. The minimum atomic E-state index is -4.77. The van der Waals surface area contributed by atoms with Gasteiger partial charge in [0.1, 0.15) is 20.8 Å². The van der Waals surface area contributed by atoms with Crippen molar-refractivity contribution in [2.75, 3.05) is 0 Å². The Kier molecular flexibility index (Phi) is 8.89. The molecule has 0 saturated carbocycles. The molecule has 0 aliphatic heterocycles. The molecule has 0 aliphatic rings. The number of rotatable bonds is 9. The summed E-state index contributed by atoms with van der Waals surface area (Å²) in [7, 11) is -9.04. The van der Waals surface area contributed by atoms with Crippen LogP contribution < -0.4 is 4.18 Å². The average molecular weight is 524 g/mol.